The van der Waals surface area contributed by atoms with Gasteiger partial charge in [0.05, 0.1) is 25.9 Å². The fraction of sp³-hybridized carbons (Fsp3) is 0.909. The van der Waals surface area contributed by atoms with Crippen LogP contribution >= 0.6 is 0 Å². The van der Waals surface area contributed by atoms with Crippen LogP contribution < -0.4 is 0 Å². The van der Waals surface area contributed by atoms with E-state index in [2.05, 4.69) is 27.7 Å². The SMILES string of the molecule is CC1CC(CC(=C=O)OCC(C)(C)C2OCCCO2)CC(C(C)(C)C)C1O. The van der Waals surface area contributed by atoms with Crippen LogP contribution in [0.5, 0.6) is 0 Å². The van der Waals surface area contributed by atoms with E-state index in [1.54, 1.807) is 0 Å². The Hall–Kier alpha value is -0.870. The Bertz CT molecular complexity index is 523. The average molecular weight is 383 g/mol. The van der Waals surface area contributed by atoms with Gasteiger partial charge in [0, 0.05) is 11.8 Å². The maximum Gasteiger partial charge on any atom is 0.179 e. The molecule has 0 aromatic rings. The van der Waals surface area contributed by atoms with E-state index in [-0.39, 0.29) is 35.1 Å². The second-order valence-corrected chi connectivity index (χ2v) is 10.2. The average Bonchev–Trinajstić information content (AvgIpc) is 2.61. The van der Waals surface area contributed by atoms with Crippen LogP contribution in [0.2, 0.25) is 0 Å². The fourth-order valence-electron chi connectivity index (χ4n) is 4.36. The normalized spacial score (nSPS) is 30.6. The second kappa shape index (κ2) is 9.09. The molecule has 27 heavy (non-hydrogen) atoms. The Kier molecular flexibility index (Phi) is 7.54. The molecule has 2 fully saturated rings. The highest BCUT2D eigenvalue weighted by Gasteiger charge is 2.41. The first kappa shape index (κ1) is 22.4. The number of aliphatic hydroxyl groups is 1. The molecular weight excluding hydrogens is 344 g/mol. The van der Waals surface area contributed by atoms with Crippen molar-refractivity contribution in [3.05, 3.63) is 5.76 Å². The summed E-state index contributed by atoms with van der Waals surface area (Å²) in [5.74, 6) is 3.15. The van der Waals surface area contributed by atoms with E-state index >= 15 is 0 Å². The largest absolute Gasteiger partial charge is 0.486 e. The Morgan fingerprint density at radius 1 is 1.15 bits per heavy atom. The molecule has 5 nitrogen and oxygen atoms in total. The summed E-state index contributed by atoms with van der Waals surface area (Å²) in [5.41, 5.74) is -0.303. The maximum absolute atomic E-state index is 11.5. The zero-order valence-corrected chi connectivity index (χ0v) is 17.9. The maximum atomic E-state index is 11.5. The van der Waals surface area contributed by atoms with Crippen LogP contribution in [0.4, 0.5) is 0 Å². The van der Waals surface area contributed by atoms with Gasteiger partial charge in [0.15, 0.2) is 18.0 Å². The van der Waals surface area contributed by atoms with Crippen molar-refractivity contribution in [2.24, 2.45) is 28.6 Å². The van der Waals surface area contributed by atoms with Gasteiger partial charge < -0.3 is 19.3 Å². The molecule has 1 aliphatic heterocycles. The summed E-state index contributed by atoms with van der Waals surface area (Å²) in [7, 11) is 0. The number of rotatable bonds is 6. The predicted octanol–water partition coefficient (Wildman–Crippen LogP) is 3.97. The third kappa shape index (κ3) is 6.05. The standard InChI is InChI=1S/C22H38O5/c1-15-10-16(12-18(19(15)24)21(2,3)4)11-17(13-23)27-14-22(5,6)20-25-8-7-9-26-20/h15-16,18-20,24H,7-12,14H2,1-6H3. The Labute approximate surface area is 164 Å². The van der Waals surface area contributed by atoms with Crippen LogP contribution in [0.3, 0.4) is 0 Å². The lowest BCUT2D eigenvalue weighted by atomic mass is 9.64. The van der Waals surface area contributed by atoms with E-state index in [0.29, 0.717) is 37.9 Å². The van der Waals surface area contributed by atoms with Crippen LogP contribution in [-0.4, -0.2) is 43.3 Å². The molecule has 1 N–H and O–H groups in total. The van der Waals surface area contributed by atoms with E-state index in [0.717, 1.165) is 19.3 Å². The Morgan fingerprint density at radius 3 is 2.33 bits per heavy atom. The minimum atomic E-state index is -0.341. The van der Waals surface area contributed by atoms with Gasteiger partial charge in [-0.05, 0) is 42.4 Å². The van der Waals surface area contributed by atoms with Crippen molar-refractivity contribution >= 4 is 5.94 Å². The molecule has 2 aliphatic rings. The van der Waals surface area contributed by atoms with Gasteiger partial charge in [-0.2, -0.15) is 0 Å². The minimum absolute atomic E-state index is 0.0376. The molecule has 4 atom stereocenters. The molecule has 0 aromatic heterocycles. The van der Waals surface area contributed by atoms with Gasteiger partial charge in [-0.1, -0.05) is 41.5 Å². The molecule has 1 saturated heterocycles. The second-order valence-electron chi connectivity index (χ2n) is 10.2. The predicted molar refractivity (Wildman–Crippen MR) is 105 cm³/mol. The molecule has 0 amide bonds. The molecule has 0 radical (unpaired) electrons. The van der Waals surface area contributed by atoms with Crippen LogP contribution in [0.15, 0.2) is 5.76 Å². The molecule has 156 valence electrons. The zero-order valence-electron chi connectivity index (χ0n) is 17.9. The number of hydrogen-bond donors (Lipinski definition) is 1. The van der Waals surface area contributed by atoms with Crippen LogP contribution in [0.25, 0.3) is 0 Å². The van der Waals surface area contributed by atoms with Gasteiger partial charge in [-0.15, -0.1) is 0 Å². The molecule has 2 rings (SSSR count). The molecule has 4 unspecified atom stereocenters. The van der Waals surface area contributed by atoms with Gasteiger partial charge in [-0.25, -0.2) is 4.79 Å². The van der Waals surface area contributed by atoms with Crippen molar-refractivity contribution in [1.29, 1.82) is 0 Å². The lowest BCUT2D eigenvalue weighted by Crippen LogP contribution is -2.42. The third-order valence-corrected chi connectivity index (χ3v) is 6.07. The van der Waals surface area contributed by atoms with Crippen LogP contribution in [0.1, 0.15) is 67.2 Å². The number of ether oxygens (including phenoxy) is 3. The van der Waals surface area contributed by atoms with Gasteiger partial charge >= 0.3 is 0 Å². The molecule has 1 saturated carbocycles. The number of allylic oxidation sites excluding steroid dienone is 1. The topological polar surface area (TPSA) is 65.0 Å². The molecule has 0 spiro atoms. The van der Waals surface area contributed by atoms with Gasteiger partial charge in [0.25, 0.3) is 0 Å². The van der Waals surface area contributed by atoms with E-state index in [9.17, 15) is 9.90 Å². The lowest BCUT2D eigenvalue weighted by Gasteiger charge is -2.44. The van der Waals surface area contributed by atoms with E-state index in [1.165, 1.54) is 0 Å². The van der Waals surface area contributed by atoms with Gasteiger partial charge in [0.1, 0.15) is 0 Å². The highest BCUT2D eigenvalue weighted by atomic mass is 16.7. The van der Waals surface area contributed by atoms with E-state index in [4.69, 9.17) is 14.2 Å². The van der Waals surface area contributed by atoms with Crippen molar-refractivity contribution < 1.29 is 24.1 Å². The first-order valence-electron chi connectivity index (χ1n) is 10.3. The summed E-state index contributed by atoms with van der Waals surface area (Å²) >= 11 is 0. The quantitative estimate of drug-likeness (QED) is 0.556. The van der Waals surface area contributed by atoms with Crippen molar-refractivity contribution in [2.45, 2.75) is 79.6 Å². The van der Waals surface area contributed by atoms with Crippen LogP contribution in [-0.2, 0) is 19.0 Å². The summed E-state index contributed by atoms with van der Waals surface area (Å²) in [6, 6.07) is 0. The number of hydrogen-bond acceptors (Lipinski definition) is 5. The highest BCUT2D eigenvalue weighted by molar-refractivity contribution is 5.49. The molecule has 0 bridgehead atoms. The van der Waals surface area contributed by atoms with E-state index in [1.807, 2.05) is 19.8 Å². The first-order valence-corrected chi connectivity index (χ1v) is 10.3. The summed E-state index contributed by atoms with van der Waals surface area (Å²) in [5, 5.41) is 10.6. The molecule has 0 aromatic carbocycles. The van der Waals surface area contributed by atoms with Crippen molar-refractivity contribution in [1.82, 2.24) is 0 Å². The molecule has 5 heteroatoms. The lowest BCUT2D eigenvalue weighted by molar-refractivity contribution is -0.236. The third-order valence-electron chi connectivity index (χ3n) is 6.07. The fourth-order valence-corrected chi connectivity index (χ4v) is 4.36. The summed E-state index contributed by atoms with van der Waals surface area (Å²) in [6.07, 6.45) is 2.70. The molecular formula is C22H38O5. The highest BCUT2D eigenvalue weighted by Crippen LogP contribution is 2.44. The molecule has 1 heterocycles. The van der Waals surface area contributed by atoms with Crippen LogP contribution in [0, 0.1) is 28.6 Å². The number of carbonyl (C=O) groups excluding carboxylic acids is 1. The smallest absolute Gasteiger partial charge is 0.179 e. The van der Waals surface area contributed by atoms with Crippen molar-refractivity contribution in [3.63, 3.8) is 0 Å². The van der Waals surface area contributed by atoms with Gasteiger partial charge in [-0.3, -0.25) is 0 Å². The summed E-state index contributed by atoms with van der Waals surface area (Å²) in [6.45, 7) is 14.4. The molecule has 1 aliphatic carbocycles. The Morgan fingerprint density at radius 2 is 1.78 bits per heavy atom. The van der Waals surface area contributed by atoms with Gasteiger partial charge in [0.2, 0.25) is 0 Å². The summed E-state index contributed by atoms with van der Waals surface area (Å²) in [4.78, 5) is 11.5. The van der Waals surface area contributed by atoms with E-state index < -0.39 is 0 Å². The monoisotopic (exact) mass is 382 g/mol. The number of aliphatic hydroxyl groups excluding tert-OH is 1. The zero-order chi connectivity index (χ0) is 20.2. The van der Waals surface area contributed by atoms with Crippen molar-refractivity contribution in [2.75, 3.05) is 19.8 Å². The van der Waals surface area contributed by atoms with Crippen molar-refractivity contribution in [3.8, 4) is 0 Å². The Balaban J connectivity index is 1.93. The summed E-state index contributed by atoms with van der Waals surface area (Å²) < 4.78 is 17.3. The minimum Gasteiger partial charge on any atom is -0.486 e. The first-order chi connectivity index (χ1) is 12.5.